The zero-order valence-electron chi connectivity index (χ0n) is 12.8. The number of nitrogens with one attached hydrogen (secondary N) is 2. The lowest BCUT2D eigenvalue weighted by Crippen LogP contribution is -2.42. The molecule has 0 spiro atoms. The van der Waals surface area contributed by atoms with Gasteiger partial charge in [0, 0.05) is 22.5 Å². The summed E-state index contributed by atoms with van der Waals surface area (Å²) in [7, 11) is 0. The Bertz CT molecular complexity index is 736. The van der Waals surface area contributed by atoms with Crippen LogP contribution in [-0.4, -0.2) is 23.0 Å². The van der Waals surface area contributed by atoms with Gasteiger partial charge in [-0.3, -0.25) is 9.59 Å². The first kappa shape index (κ1) is 15.3. The van der Waals surface area contributed by atoms with Crippen LogP contribution >= 0.6 is 0 Å². The molecule has 5 nitrogen and oxygen atoms in total. The van der Waals surface area contributed by atoms with Crippen molar-refractivity contribution in [2.24, 2.45) is 0 Å². The number of hydrogen-bond donors (Lipinski definition) is 3. The normalized spacial score (nSPS) is 15.3. The highest BCUT2D eigenvalue weighted by molar-refractivity contribution is 6.40. The number of amides is 2. The van der Waals surface area contributed by atoms with Crippen molar-refractivity contribution < 1.29 is 14.7 Å². The molecule has 2 aromatic rings. The molecule has 120 valence electrons. The SMILES string of the molecule is O=C(Nc1cccc2c(O)cccc12)C(=O)NC1CCCCC1. The summed E-state index contributed by atoms with van der Waals surface area (Å²) in [6.07, 6.45) is 5.24. The highest BCUT2D eigenvalue weighted by atomic mass is 16.3. The second-order valence-corrected chi connectivity index (χ2v) is 5.94. The molecule has 0 radical (unpaired) electrons. The number of fused-ring (bicyclic) bond motifs is 1. The van der Waals surface area contributed by atoms with Crippen molar-refractivity contribution >= 4 is 28.3 Å². The summed E-state index contributed by atoms with van der Waals surface area (Å²) < 4.78 is 0. The fourth-order valence-corrected chi connectivity index (χ4v) is 3.08. The largest absolute Gasteiger partial charge is 0.507 e. The maximum Gasteiger partial charge on any atom is 0.313 e. The van der Waals surface area contributed by atoms with E-state index in [0.717, 1.165) is 25.7 Å². The number of phenolic OH excluding ortho intramolecular Hbond substituents is 1. The number of phenols is 1. The van der Waals surface area contributed by atoms with Crippen LogP contribution in [0.4, 0.5) is 5.69 Å². The zero-order chi connectivity index (χ0) is 16.2. The Hall–Kier alpha value is -2.56. The van der Waals surface area contributed by atoms with Crippen LogP contribution in [0.25, 0.3) is 10.8 Å². The van der Waals surface area contributed by atoms with Crippen molar-refractivity contribution in [1.29, 1.82) is 0 Å². The number of carbonyl (C=O) groups excluding carboxylic acids is 2. The Labute approximate surface area is 134 Å². The highest BCUT2D eigenvalue weighted by Crippen LogP contribution is 2.29. The highest BCUT2D eigenvalue weighted by Gasteiger charge is 2.21. The third kappa shape index (κ3) is 3.44. The Morgan fingerprint density at radius 2 is 1.61 bits per heavy atom. The van der Waals surface area contributed by atoms with E-state index in [1.54, 1.807) is 36.4 Å². The molecule has 0 atom stereocenters. The molecule has 0 unspecified atom stereocenters. The average molecular weight is 312 g/mol. The molecule has 0 saturated heterocycles. The number of aromatic hydroxyl groups is 1. The van der Waals surface area contributed by atoms with Crippen molar-refractivity contribution in [3.8, 4) is 5.75 Å². The fourth-order valence-electron chi connectivity index (χ4n) is 3.08. The molecule has 0 aromatic heterocycles. The van der Waals surface area contributed by atoms with Gasteiger partial charge < -0.3 is 15.7 Å². The summed E-state index contributed by atoms with van der Waals surface area (Å²) >= 11 is 0. The summed E-state index contributed by atoms with van der Waals surface area (Å²) in [6, 6.07) is 10.4. The number of carbonyl (C=O) groups is 2. The lowest BCUT2D eigenvalue weighted by molar-refractivity contribution is -0.136. The van der Waals surface area contributed by atoms with Gasteiger partial charge in [-0.2, -0.15) is 0 Å². The fraction of sp³-hybridized carbons (Fsp3) is 0.333. The van der Waals surface area contributed by atoms with Gasteiger partial charge >= 0.3 is 11.8 Å². The van der Waals surface area contributed by atoms with Crippen LogP contribution in [0.5, 0.6) is 5.75 Å². The molecule has 0 aliphatic heterocycles. The predicted molar refractivity (Wildman–Crippen MR) is 89.3 cm³/mol. The molecule has 3 rings (SSSR count). The van der Waals surface area contributed by atoms with Gasteiger partial charge in [-0.05, 0) is 25.0 Å². The minimum absolute atomic E-state index is 0.0959. The minimum atomic E-state index is -0.675. The van der Waals surface area contributed by atoms with Gasteiger partial charge in [-0.25, -0.2) is 0 Å². The second kappa shape index (κ2) is 6.69. The van der Waals surface area contributed by atoms with Gasteiger partial charge in [0.05, 0.1) is 0 Å². The molecule has 0 bridgehead atoms. The summed E-state index contributed by atoms with van der Waals surface area (Å²) in [6.45, 7) is 0. The van der Waals surface area contributed by atoms with Gasteiger partial charge in [0.25, 0.3) is 0 Å². The van der Waals surface area contributed by atoms with Gasteiger partial charge in [0.2, 0.25) is 0 Å². The van der Waals surface area contributed by atoms with Crippen LogP contribution in [0.15, 0.2) is 36.4 Å². The van der Waals surface area contributed by atoms with Crippen LogP contribution < -0.4 is 10.6 Å². The van der Waals surface area contributed by atoms with Crippen molar-refractivity contribution in [2.75, 3.05) is 5.32 Å². The van der Waals surface area contributed by atoms with Gasteiger partial charge in [0.15, 0.2) is 0 Å². The Morgan fingerprint density at radius 3 is 2.39 bits per heavy atom. The van der Waals surface area contributed by atoms with Crippen LogP contribution in [0.3, 0.4) is 0 Å². The van der Waals surface area contributed by atoms with E-state index < -0.39 is 11.8 Å². The summed E-state index contributed by atoms with van der Waals surface area (Å²) in [4.78, 5) is 24.2. The summed E-state index contributed by atoms with van der Waals surface area (Å²) in [5.74, 6) is -1.13. The third-order valence-corrected chi connectivity index (χ3v) is 4.29. The lowest BCUT2D eigenvalue weighted by Gasteiger charge is -2.22. The molecule has 5 heteroatoms. The lowest BCUT2D eigenvalue weighted by atomic mass is 9.95. The molecule has 23 heavy (non-hydrogen) atoms. The first-order valence-corrected chi connectivity index (χ1v) is 7.98. The van der Waals surface area contributed by atoms with Crippen LogP contribution in [0, 0.1) is 0 Å². The van der Waals surface area contributed by atoms with E-state index in [4.69, 9.17) is 0 Å². The minimum Gasteiger partial charge on any atom is -0.507 e. The Kier molecular flexibility index (Phi) is 4.46. The number of hydrogen-bond acceptors (Lipinski definition) is 3. The zero-order valence-corrected chi connectivity index (χ0v) is 12.8. The topological polar surface area (TPSA) is 78.4 Å². The molecule has 2 amide bonds. The Balaban J connectivity index is 1.72. The van der Waals surface area contributed by atoms with E-state index in [9.17, 15) is 14.7 Å². The van der Waals surface area contributed by atoms with E-state index in [1.165, 1.54) is 6.42 Å². The van der Waals surface area contributed by atoms with Crippen LogP contribution in [0.1, 0.15) is 32.1 Å². The standard InChI is InChI=1S/C18H20N2O3/c21-16-11-5-8-13-14(16)9-4-10-15(13)20-18(23)17(22)19-12-6-2-1-3-7-12/h4-5,8-12,21H,1-3,6-7H2,(H,19,22)(H,20,23). The molecule has 1 fully saturated rings. The molecule has 3 N–H and O–H groups in total. The van der Waals surface area contributed by atoms with E-state index in [-0.39, 0.29) is 11.8 Å². The summed E-state index contributed by atoms with van der Waals surface area (Å²) in [5, 5.41) is 16.6. The monoisotopic (exact) mass is 312 g/mol. The molecule has 1 saturated carbocycles. The number of benzene rings is 2. The van der Waals surface area contributed by atoms with Crippen molar-refractivity contribution in [3.05, 3.63) is 36.4 Å². The first-order chi connectivity index (χ1) is 11.1. The third-order valence-electron chi connectivity index (χ3n) is 4.29. The molecular weight excluding hydrogens is 292 g/mol. The molecule has 1 aliphatic carbocycles. The number of anilines is 1. The van der Waals surface area contributed by atoms with Crippen molar-refractivity contribution in [3.63, 3.8) is 0 Å². The smallest absolute Gasteiger partial charge is 0.313 e. The molecule has 1 aliphatic rings. The van der Waals surface area contributed by atoms with Gasteiger partial charge in [-0.1, -0.05) is 43.5 Å². The average Bonchev–Trinajstić information content (AvgIpc) is 2.56. The predicted octanol–water partition coefficient (Wildman–Crippen LogP) is 2.93. The quantitative estimate of drug-likeness (QED) is 0.746. The summed E-state index contributed by atoms with van der Waals surface area (Å²) in [5.41, 5.74) is 0.516. The van der Waals surface area contributed by atoms with E-state index in [1.807, 2.05) is 0 Å². The second-order valence-electron chi connectivity index (χ2n) is 5.94. The molecule has 0 heterocycles. The maximum atomic E-state index is 12.1. The van der Waals surface area contributed by atoms with Crippen LogP contribution in [0.2, 0.25) is 0 Å². The van der Waals surface area contributed by atoms with Gasteiger partial charge in [-0.15, -0.1) is 0 Å². The first-order valence-electron chi connectivity index (χ1n) is 7.98. The van der Waals surface area contributed by atoms with Crippen LogP contribution in [-0.2, 0) is 9.59 Å². The van der Waals surface area contributed by atoms with E-state index in [0.29, 0.717) is 16.5 Å². The van der Waals surface area contributed by atoms with Crippen molar-refractivity contribution in [1.82, 2.24) is 5.32 Å². The maximum absolute atomic E-state index is 12.1. The van der Waals surface area contributed by atoms with E-state index in [2.05, 4.69) is 10.6 Å². The van der Waals surface area contributed by atoms with Gasteiger partial charge in [0.1, 0.15) is 5.75 Å². The van der Waals surface area contributed by atoms with Crippen molar-refractivity contribution in [2.45, 2.75) is 38.1 Å². The van der Waals surface area contributed by atoms with E-state index >= 15 is 0 Å². The number of rotatable bonds is 2. The Morgan fingerprint density at radius 1 is 0.913 bits per heavy atom. The molecular formula is C18H20N2O3. The molecule has 2 aromatic carbocycles.